The highest BCUT2D eigenvalue weighted by molar-refractivity contribution is 5.73. The number of nitrogens with zero attached hydrogens (tertiary/aromatic N) is 1. The minimum Gasteiger partial charge on any atom is -0.370 e. The predicted molar refractivity (Wildman–Crippen MR) is 77.8 cm³/mol. The molecule has 2 rings (SSSR count). The number of carbonyl (C=O) groups excluding carboxylic acids is 1. The number of likely N-dealkylation sites (tertiary alicyclic amines) is 1. The van der Waals surface area contributed by atoms with E-state index in [0.717, 1.165) is 19.6 Å². The van der Waals surface area contributed by atoms with Crippen molar-refractivity contribution in [1.82, 2.24) is 4.90 Å². The van der Waals surface area contributed by atoms with Crippen LogP contribution < -0.4 is 5.73 Å². The van der Waals surface area contributed by atoms with Gasteiger partial charge >= 0.3 is 0 Å². The smallest absolute Gasteiger partial charge is 0.218 e. The van der Waals surface area contributed by atoms with Gasteiger partial charge in [-0.3, -0.25) is 4.79 Å². The van der Waals surface area contributed by atoms with E-state index >= 15 is 0 Å². The van der Waals surface area contributed by atoms with Crippen LogP contribution >= 0.6 is 0 Å². The van der Waals surface area contributed by atoms with Gasteiger partial charge in [0.2, 0.25) is 5.91 Å². The van der Waals surface area contributed by atoms with Gasteiger partial charge in [0.25, 0.3) is 0 Å². The fraction of sp³-hybridized carbons (Fsp3) is 0.562. The molecule has 2 N–H and O–H groups in total. The number of primary amides is 1. The third-order valence-corrected chi connectivity index (χ3v) is 4.24. The SMILES string of the molecule is CC[C@H]1CN(CCC(N)=O)CC[C@@H]1c1ccccc1. The third-order valence-electron chi connectivity index (χ3n) is 4.24. The van der Waals surface area contributed by atoms with Crippen molar-refractivity contribution in [1.29, 1.82) is 0 Å². The van der Waals surface area contributed by atoms with E-state index in [-0.39, 0.29) is 5.91 Å². The summed E-state index contributed by atoms with van der Waals surface area (Å²) in [5.41, 5.74) is 6.69. The molecule has 1 saturated heterocycles. The van der Waals surface area contributed by atoms with Crippen LogP contribution in [0.5, 0.6) is 0 Å². The molecule has 0 radical (unpaired) electrons. The van der Waals surface area contributed by atoms with E-state index in [0.29, 0.717) is 18.3 Å². The van der Waals surface area contributed by atoms with Gasteiger partial charge in [0.15, 0.2) is 0 Å². The number of benzene rings is 1. The van der Waals surface area contributed by atoms with E-state index < -0.39 is 0 Å². The molecular formula is C16H24N2O. The summed E-state index contributed by atoms with van der Waals surface area (Å²) in [6, 6.07) is 10.8. The zero-order valence-corrected chi connectivity index (χ0v) is 11.7. The maximum absolute atomic E-state index is 10.9. The van der Waals surface area contributed by atoms with Gasteiger partial charge in [-0.1, -0.05) is 43.7 Å². The Hall–Kier alpha value is -1.35. The van der Waals surface area contributed by atoms with Crippen molar-refractivity contribution in [3.8, 4) is 0 Å². The van der Waals surface area contributed by atoms with Crippen molar-refractivity contribution in [2.45, 2.75) is 32.1 Å². The van der Waals surface area contributed by atoms with Crippen molar-refractivity contribution >= 4 is 5.91 Å². The standard InChI is InChI=1S/C16H24N2O/c1-2-13-12-18(11-9-16(17)19)10-8-15(13)14-6-4-3-5-7-14/h3-7,13,15H,2,8-12H2,1H3,(H2,17,19)/t13-,15-/m0/s1. The second kappa shape index (κ2) is 6.71. The summed E-state index contributed by atoms with van der Waals surface area (Å²) in [6.45, 7) is 5.23. The molecule has 0 spiro atoms. The fourth-order valence-electron chi connectivity index (χ4n) is 3.13. The maximum Gasteiger partial charge on any atom is 0.218 e. The Balaban J connectivity index is 1.97. The van der Waals surface area contributed by atoms with Gasteiger partial charge < -0.3 is 10.6 Å². The number of amides is 1. The van der Waals surface area contributed by atoms with E-state index in [9.17, 15) is 4.79 Å². The Bertz CT molecular complexity index is 404. The predicted octanol–water partition coefficient (Wildman–Crippen LogP) is 2.38. The molecule has 0 aliphatic carbocycles. The highest BCUT2D eigenvalue weighted by atomic mass is 16.1. The van der Waals surface area contributed by atoms with Gasteiger partial charge in [0, 0.05) is 19.5 Å². The molecule has 104 valence electrons. The summed E-state index contributed by atoms with van der Waals surface area (Å²) in [5, 5.41) is 0. The topological polar surface area (TPSA) is 46.3 Å². The lowest BCUT2D eigenvalue weighted by molar-refractivity contribution is -0.118. The zero-order valence-electron chi connectivity index (χ0n) is 11.7. The molecule has 0 saturated carbocycles. The molecule has 3 nitrogen and oxygen atoms in total. The summed E-state index contributed by atoms with van der Waals surface area (Å²) in [6.07, 6.45) is 2.85. The van der Waals surface area contributed by atoms with Crippen molar-refractivity contribution in [2.75, 3.05) is 19.6 Å². The average Bonchev–Trinajstić information content (AvgIpc) is 2.45. The first-order valence-corrected chi connectivity index (χ1v) is 7.26. The second-order valence-electron chi connectivity index (χ2n) is 5.49. The lowest BCUT2D eigenvalue weighted by atomic mass is 9.79. The number of hydrogen-bond donors (Lipinski definition) is 1. The molecule has 2 atom stereocenters. The summed E-state index contributed by atoms with van der Waals surface area (Å²) >= 11 is 0. The number of piperidine rings is 1. The van der Waals surface area contributed by atoms with Crippen LogP contribution in [0.15, 0.2) is 30.3 Å². The van der Waals surface area contributed by atoms with Gasteiger partial charge in [-0.25, -0.2) is 0 Å². The van der Waals surface area contributed by atoms with Crippen molar-refractivity contribution in [2.24, 2.45) is 11.7 Å². The minimum absolute atomic E-state index is 0.196. The van der Waals surface area contributed by atoms with Gasteiger partial charge in [0.1, 0.15) is 0 Å². The van der Waals surface area contributed by atoms with Crippen LogP contribution in [-0.2, 0) is 4.79 Å². The van der Waals surface area contributed by atoms with Gasteiger partial charge in [-0.15, -0.1) is 0 Å². The molecule has 1 aliphatic rings. The Kier molecular flexibility index (Phi) is 4.97. The molecule has 1 heterocycles. The molecule has 0 aromatic heterocycles. The highest BCUT2D eigenvalue weighted by Gasteiger charge is 2.28. The summed E-state index contributed by atoms with van der Waals surface area (Å²) in [7, 11) is 0. The Morgan fingerprint density at radius 3 is 2.74 bits per heavy atom. The number of carbonyl (C=O) groups is 1. The van der Waals surface area contributed by atoms with Gasteiger partial charge in [0.05, 0.1) is 0 Å². The van der Waals surface area contributed by atoms with Gasteiger partial charge in [-0.05, 0) is 30.4 Å². The first-order chi connectivity index (χ1) is 9.20. The monoisotopic (exact) mass is 260 g/mol. The van der Waals surface area contributed by atoms with Crippen molar-refractivity contribution in [3.63, 3.8) is 0 Å². The number of nitrogens with two attached hydrogens (primary N) is 1. The molecule has 3 heteroatoms. The quantitative estimate of drug-likeness (QED) is 0.883. The summed E-state index contributed by atoms with van der Waals surface area (Å²) < 4.78 is 0. The second-order valence-corrected chi connectivity index (χ2v) is 5.49. The van der Waals surface area contributed by atoms with E-state index in [1.165, 1.54) is 18.4 Å². The van der Waals surface area contributed by atoms with Crippen LogP contribution in [0.4, 0.5) is 0 Å². The maximum atomic E-state index is 10.9. The Labute approximate surface area is 115 Å². The van der Waals surface area contributed by atoms with Crippen LogP contribution in [0.1, 0.15) is 37.7 Å². The van der Waals surface area contributed by atoms with Crippen molar-refractivity contribution < 1.29 is 4.79 Å². The zero-order chi connectivity index (χ0) is 13.7. The average molecular weight is 260 g/mol. The molecular weight excluding hydrogens is 236 g/mol. The van der Waals surface area contributed by atoms with Crippen LogP contribution in [0, 0.1) is 5.92 Å². The first kappa shape index (κ1) is 14.1. The van der Waals surface area contributed by atoms with E-state index in [4.69, 9.17) is 5.73 Å². The molecule has 1 aromatic carbocycles. The Morgan fingerprint density at radius 2 is 2.11 bits per heavy atom. The third kappa shape index (κ3) is 3.80. The van der Waals surface area contributed by atoms with Crippen molar-refractivity contribution in [3.05, 3.63) is 35.9 Å². The molecule has 0 unspecified atom stereocenters. The molecule has 1 fully saturated rings. The van der Waals surface area contributed by atoms with E-state index in [1.54, 1.807) is 0 Å². The molecule has 19 heavy (non-hydrogen) atoms. The summed E-state index contributed by atoms with van der Waals surface area (Å²) in [4.78, 5) is 13.3. The molecule has 1 aromatic rings. The van der Waals surface area contributed by atoms with E-state index in [2.05, 4.69) is 42.2 Å². The Morgan fingerprint density at radius 1 is 1.37 bits per heavy atom. The lowest BCUT2D eigenvalue weighted by Crippen LogP contribution is -2.40. The number of hydrogen-bond acceptors (Lipinski definition) is 2. The molecule has 1 amide bonds. The largest absolute Gasteiger partial charge is 0.370 e. The van der Waals surface area contributed by atoms with Crippen LogP contribution in [0.2, 0.25) is 0 Å². The normalized spacial score (nSPS) is 24.3. The van der Waals surface area contributed by atoms with Crippen LogP contribution in [0.3, 0.4) is 0 Å². The highest BCUT2D eigenvalue weighted by Crippen LogP contribution is 2.34. The molecule has 0 bridgehead atoms. The van der Waals surface area contributed by atoms with E-state index in [1.807, 2.05) is 0 Å². The summed E-state index contributed by atoms with van der Waals surface area (Å²) in [5.74, 6) is 1.15. The fourth-order valence-corrected chi connectivity index (χ4v) is 3.13. The van der Waals surface area contributed by atoms with Crippen LogP contribution in [-0.4, -0.2) is 30.4 Å². The molecule has 1 aliphatic heterocycles. The van der Waals surface area contributed by atoms with Gasteiger partial charge in [-0.2, -0.15) is 0 Å². The first-order valence-electron chi connectivity index (χ1n) is 7.26. The number of rotatable bonds is 5. The lowest BCUT2D eigenvalue weighted by Gasteiger charge is -2.38. The van der Waals surface area contributed by atoms with Crippen LogP contribution in [0.25, 0.3) is 0 Å². The minimum atomic E-state index is -0.196.